The van der Waals surface area contributed by atoms with Crippen molar-refractivity contribution >= 4 is 17.2 Å². The van der Waals surface area contributed by atoms with Gasteiger partial charge < -0.3 is 10.6 Å². The van der Waals surface area contributed by atoms with Crippen LogP contribution < -0.4 is 10.6 Å². The van der Waals surface area contributed by atoms with Crippen molar-refractivity contribution in [1.82, 2.24) is 10.6 Å². The zero-order chi connectivity index (χ0) is 20.9. The van der Waals surface area contributed by atoms with Crippen molar-refractivity contribution in [3.05, 3.63) is 76.0 Å². The highest BCUT2D eigenvalue weighted by atomic mass is 35.5. The van der Waals surface area contributed by atoms with Gasteiger partial charge in [-0.3, -0.25) is 0 Å². The molecule has 2 rings (SSSR count). The zero-order valence-electron chi connectivity index (χ0n) is 18.2. The van der Waals surface area contributed by atoms with E-state index in [1.54, 1.807) is 5.57 Å². The molecule has 0 saturated carbocycles. The maximum Gasteiger partial charge on any atom is 0.0592 e. The fraction of sp³-hybridized carbons (Fsp3) is 0.440. The molecule has 3 heteroatoms. The van der Waals surface area contributed by atoms with Crippen molar-refractivity contribution in [2.24, 2.45) is 5.41 Å². The normalized spacial score (nSPS) is 18.0. The Morgan fingerprint density at radius 2 is 1.89 bits per heavy atom. The number of allylic oxidation sites excluding steroid dienone is 5. The first-order valence-electron chi connectivity index (χ1n) is 10.1. The van der Waals surface area contributed by atoms with E-state index < -0.39 is 0 Å². The largest absolute Gasteiger partial charge is 0.387 e. The van der Waals surface area contributed by atoms with Crippen LogP contribution in [0.4, 0.5) is 0 Å². The van der Waals surface area contributed by atoms with Crippen molar-refractivity contribution in [3.63, 3.8) is 0 Å². The van der Waals surface area contributed by atoms with Crippen LogP contribution in [0.1, 0.15) is 64.6 Å². The molecule has 0 aromatic heterocycles. The van der Waals surface area contributed by atoms with E-state index in [4.69, 9.17) is 11.6 Å². The Morgan fingerprint density at radius 1 is 1.25 bits per heavy atom. The van der Waals surface area contributed by atoms with Gasteiger partial charge in [0.15, 0.2) is 0 Å². The van der Waals surface area contributed by atoms with E-state index in [1.807, 2.05) is 20.9 Å². The third-order valence-electron chi connectivity index (χ3n) is 5.30. The van der Waals surface area contributed by atoms with Crippen molar-refractivity contribution in [2.75, 3.05) is 13.6 Å². The van der Waals surface area contributed by atoms with Crippen molar-refractivity contribution < 1.29 is 0 Å². The summed E-state index contributed by atoms with van der Waals surface area (Å²) in [6, 6.07) is 8.49. The number of likely N-dealkylation sites (N-methyl/N-ethyl adjacent to an activating group) is 1. The monoisotopic (exact) mass is 398 g/mol. The van der Waals surface area contributed by atoms with Crippen molar-refractivity contribution in [2.45, 2.75) is 53.5 Å². The Balaban J connectivity index is 2.08. The zero-order valence-corrected chi connectivity index (χ0v) is 19.0. The molecule has 1 atom stereocenters. The summed E-state index contributed by atoms with van der Waals surface area (Å²) < 4.78 is 0. The molecule has 0 heterocycles. The van der Waals surface area contributed by atoms with Gasteiger partial charge in [-0.25, -0.2) is 0 Å². The van der Waals surface area contributed by atoms with Crippen LogP contribution in [0, 0.1) is 5.41 Å². The van der Waals surface area contributed by atoms with Crippen LogP contribution >= 0.6 is 11.6 Å². The summed E-state index contributed by atoms with van der Waals surface area (Å²) >= 11 is 6.61. The SMILES string of the molecule is C=C(C)c1ccccc1C(NC)/C(C)=C/C(Cl)=C(\C)NCCC1=CC(C)(C)C1. The summed E-state index contributed by atoms with van der Waals surface area (Å²) in [5.41, 5.74) is 7.59. The Bertz CT molecular complexity index is 812. The Labute approximate surface area is 176 Å². The molecule has 0 spiro atoms. The van der Waals surface area contributed by atoms with E-state index in [9.17, 15) is 0 Å². The number of hydrogen-bond donors (Lipinski definition) is 2. The fourth-order valence-electron chi connectivity index (χ4n) is 3.92. The molecule has 1 aliphatic rings. The molecule has 2 nitrogen and oxygen atoms in total. The van der Waals surface area contributed by atoms with Crippen molar-refractivity contribution in [1.29, 1.82) is 0 Å². The molecule has 1 aromatic rings. The first-order valence-corrected chi connectivity index (χ1v) is 10.4. The highest BCUT2D eigenvalue weighted by molar-refractivity contribution is 6.31. The smallest absolute Gasteiger partial charge is 0.0592 e. The minimum atomic E-state index is 0.0943. The predicted molar refractivity (Wildman–Crippen MR) is 124 cm³/mol. The van der Waals surface area contributed by atoms with Crippen molar-refractivity contribution in [3.8, 4) is 0 Å². The molecule has 28 heavy (non-hydrogen) atoms. The second-order valence-electron chi connectivity index (χ2n) is 8.60. The predicted octanol–water partition coefficient (Wildman–Crippen LogP) is 6.73. The molecule has 0 aliphatic heterocycles. The Hall–Kier alpha value is -1.77. The van der Waals surface area contributed by atoms with Crippen LogP contribution in [-0.2, 0) is 0 Å². The van der Waals surface area contributed by atoms with E-state index in [1.165, 1.54) is 23.1 Å². The molecule has 2 N–H and O–H groups in total. The van der Waals surface area contributed by atoms with Gasteiger partial charge in [0.1, 0.15) is 0 Å². The van der Waals surface area contributed by atoms with E-state index in [0.29, 0.717) is 5.41 Å². The summed E-state index contributed by atoms with van der Waals surface area (Å²) in [6.07, 6.45) is 6.73. The third kappa shape index (κ3) is 5.86. The standard InChI is InChI=1S/C25H35ClN2/c1-17(2)21-10-8-9-11-22(21)24(27-7)18(3)14-23(26)19(4)28-13-12-20-15-25(5,6)16-20/h8-11,14-15,24,27-28H,1,12-13,16H2,2-7H3/b18-14+,23-19-. The minimum absolute atomic E-state index is 0.0943. The minimum Gasteiger partial charge on any atom is -0.387 e. The second kappa shape index (κ2) is 9.62. The van der Waals surface area contributed by atoms with Gasteiger partial charge in [-0.05, 0) is 63.3 Å². The molecular weight excluding hydrogens is 364 g/mol. The van der Waals surface area contributed by atoms with Gasteiger partial charge in [0.05, 0.1) is 11.1 Å². The lowest BCUT2D eigenvalue weighted by Crippen LogP contribution is -2.22. The maximum atomic E-state index is 6.61. The summed E-state index contributed by atoms with van der Waals surface area (Å²) in [6.45, 7) is 15.8. The summed E-state index contributed by atoms with van der Waals surface area (Å²) in [5, 5.41) is 7.65. The summed E-state index contributed by atoms with van der Waals surface area (Å²) in [7, 11) is 1.98. The van der Waals surface area contributed by atoms with Crippen LogP contribution in [0.5, 0.6) is 0 Å². The highest BCUT2D eigenvalue weighted by Crippen LogP contribution is 2.39. The lowest BCUT2D eigenvalue weighted by Gasteiger charge is -2.33. The molecule has 0 amide bonds. The summed E-state index contributed by atoms with van der Waals surface area (Å²) in [5.74, 6) is 0. The Kier molecular flexibility index (Phi) is 7.74. The van der Waals surface area contributed by atoms with Gasteiger partial charge in [-0.1, -0.05) is 79.1 Å². The van der Waals surface area contributed by atoms with E-state index in [2.05, 4.69) is 74.4 Å². The third-order valence-corrected chi connectivity index (χ3v) is 5.69. The van der Waals surface area contributed by atoms with E-state index in [0.717, 1.165) is 29.3 Å². The molecule has 1 unspecified atom stereocenters. The van der Waals surface area contributed by atoms with Gasteiger partial charge in [-0.15, -0.1) is 0 Å². The number of halogens is 1. The average Bonchev–Trinajstić information content (AvgIpc) is 2.60. The van der Waals surface area contributed by atoms with Crippen LogP contribution in [-0.4, -0.2) is 13.6 Å². The first kappa shape index (κ1) is 22.5. The molecular formula is C25H35ClN2. The lowest BCUT2D eigenvalue weighted by atomic mass is 9.73. The van der Waals surface area contributed by atoms with Crippen LogP contribution in [0.2, 0.25) is 0 Å². The maximum absolute atomic E-state index is 6.61. The molecule has 1 aromatic carbocycles. The van der Waals surface area contributed by atoms with Gasteiger partial charge >= 0.3 is 0 Å². The quantitative estimate of drug-likeness (QED) is 0.355. The molecule has 152 valence electrons. The number of benzene rings is 1. The fourth-order valence-corrected chi connectivity index (χ4v) is 4.16. The van der Waals surface area contributed by atoms with Gasteiger partial charge in [-0.2, -0.15) is 0 Å². The highest BCUT2D eigenvalue weighted by Gasteiger charge is 2.25. The molecule has 0 fully saturated rings. The Morgan fingerprint density at radius 3 is 2.46 bits per heavy atom. The average molecular weight is 399 g/mol. The van der Waals surface area contributed by atoms with Crippen LogP contribution in [0.3, 0.4) is 0 Å². The van der Waals surface area contributed by atoms with E-state index >= 15 is 0 Å². The number of nitrogens with one attached hydrogen (secondary N) is 2. The van der Waals surface area contributed by atoms with Gasteiger partial charge in [0.2, 0.25) is 0 Å². The first-order chi connectivity index (χ1) is 13.1. The van der Waals surface area contributed by atoms with Gasteiger partial charge in [0, 0.05) is 12.2 Å². The van der Waals surface area contributed by atoms with Crippen LogP contribution in [0.25, 0.3) is 5.57 Å². The molecule has 0 saturated heterocycles. The molecule has 1 aliphatic carbocycles. The van der Waals surface area contributed by atoms with Gasteiger partial charge in [0.25, 0.3) is 0 Å². The topological polar surface area (TPSA) is 24.1 Å². The van der Waals surface area contributed by atoms with E-state index in [-0.39, 0.29) is 6.04 Å². The molecule has 0 bridgehead atoms. The summed E-state index contributed by atoms with van der Waals surface area (Å²) in [4.78, 5) is 0. The lowest BCUT2D eigenvalue weighted by molar-refractivity contribution is 0.406. The van der Waals surface area contributed by atoms with Crippen LogP contribution in [0.15, 0.2) is 64.9 Å². The number of rotatable bonds is 9. The second-order valence-corrected chi connectivity index (χ2v) is 9.00. The molecule has 0 radical (unpaired) electrons. The number of hydrogen-bond acceptors (Lipinski definition) is 2.